The Kier molecular flexibility index (Phi) is 6.72. The van der Waals surface area contributed by atoms with E-state index < -0.39 is 0 Å². The molecule has 1 saturated heterocycles. The van der Waals surface area contributed by atoms with Gasteiger partial charge < -0.3 is 14.6 Å². The van der Waals surface area contributed by atoms with Crippen molar-refractivity contribution in [2.45, 2.75) is 32.2 Å². The minimum absolute atomic E-state index is 0.0670. The Morgan fingerprint density at radius 2 is 1.75 bits per heavy atom. The topological polar surface area (TPSA) is 67.6 Å². The molecule has 0 saturated carbocycles. The molecule has 1 aromatic heterocycles. The molecular weight excluding hydrogens is 402 g/mol. The van der Waals surface area contributed by atoms with Crippen molar-refractivity contribution < 1.29 is 14.1 Å². The van der Waals surface area contributed by atoms with Gasteiger partial charge in [-0.1, -0.05) is 80.5 Å². The summed E-state index contributed by atoms with van der Waals surface area (Å²) < 4.78 is 10.9. The van der Waals surface area contributed by atoms with Gasteiger partial charge in [0.25, 0.3) is 5.91 Å². The summed E-state index contributed by atoms with van der Waals surface area (Å²) in [6.07, 6.45) is 0. The van der Waals surface area contributed by atoms with Gasteiger partial charge in [-0.2, -0.15) is 0 Å². The minimum atomic E-state index is -0.236. The van der Waals surface area contributed by atoms with Gasteiger partial charge in [0.15, 0.2) is 11.5 Å². The van der Waals surface area contributed by atoms with Crippen LogP contribution in [0.25, 0.3) is 11.3 Å². The number of rotatable bonds is 6. The molecule has 32 heavy (non-hydrogen) atoms. The fourth-order valence-electron chi connectivity index (χ4n) is 3.95. The van der Waals surface area contributed by atoms with Crippen molar-refractivity contribution in [3.8, 4) is 11.3 Å². The number of aromatic nitrogens is 1. The number of hydrogen-bond acceptors (Lipinski definition) is 5. The lowest BCUT2D eigenvalue weighted by Crippen LogP contribution is -2.43. The molecule has 2 heterocycles. The summed E-state index contributed by atoms with van der Waals surface area (Å²) in [6.45, 7) is 10.2. The van der Waals surface area contributed by atoms with Crippen LogP contribution in [0.15, 0.2) is 65.2 Å². The van der Waals surface area contributed by atoms with Crippen molar-refractivity contribution >= 4 is 5.91 Å². The second-order valence-corrected chi connectivity index (χ2v) is 9.19. The first-order chi connectivity index (χ1) is 15.4. The number of morpholine rings is 1. The van der Waals surface area contributed by atoms with Crippen LogP contribution < -0.4 is 5.32 Å². The molecule has 6 nitrogen and oxygen atoms in total. The minimum Gasteiger partial charge on any atom is -0.379 e. The number of carbonyl (C=O) groups excluding carboxylic acids is 1. The molecule has 1 unspecified atom stereocenters. The average molecular weight is 434 g/mol. The number of nitrogens with zero attached hydrogens (tertiary/aromatic N) is 2. The van der Waals surface area contributed by atoms with Gasteiger partial charge in [-0.15, -0.1) is 0 Å². The van der Waals surface area contributed by atoms with Crippen LogP contribution in [0.5, 0.6) is 0 Å². The molecule has 0 radical (unpaired) electrons. The Morgan fingerprint density at radius 1 is 1.06 bits per heavy atom. The molecule has 1 fully saturated rings. The first kappa shape index (κ1) is 22.2. The van der Waals surface area contributed by atoms with E-state index in [9.17, 15) is 4.79 Å². The zero-order valence-electron chi connectivity index (χ0n) is 19.0. The smallest absolute Gasteiger partial charge is 0.273 e. The molecule has 1 N–H and O–H groups in total. The number of amides is 1. The first-order valence-corrected chi connectivity index (χ1v) is 11.1. The Bertz CT molecular complexity index is 1020. The summed E-state index contributed by atoms with van der Waals surface area (Å²) in [5, 5.41) is 7.03. The van der Waals surface area contributed by atoms with Crippen LogP contribution in [0.4, 0.5) is 0 Å². The highest BCUT2D eigenvalue weighted by Gasteiger charge is 2.25. The van der Waals surface area contributed by atoms with Crippen molar-refractivity contribution in [3.05, 3.63) is 77.5 Å². The molecule has 0 bridgehead atoms. The number of benzene rings is 2. The Labute approximate surface area is 189 Å². The third-order valence-corrected chi connectivity index (χ3v) is 5.90. The lowest BCUT2D eigenvalue weighted by molar-refractivity contribution is 0.0162. The largest absolute Gasteiger partial charge is 0.379 e. The van der Waals surface area contributed by atoms with Crippen LogP contribution in [-0.2, 0) is 10.2 Å². The normalized spacial score (nSPS) is 16.0. The number of carbonyl (C=O) groups is 1. The molecule has 1 aliphatic rings. The van der Waals surface area contributed by atoms with Gasteiger partial charge in [-0.25, -0.2) is 0 Å². The van der Waals surface area contributed by atoms with Crippen molar-refractivity contribution in [1.82, 2.24) is 15.4 Å². The van der Waals surface area contributed by atoms with Crippen molar-refractivity contribution in [2.24, 2.45) is 0 Å². The summed E-state index contributed by atoms with van der Waals surface area (Å²) in [7, 11) is 0. The van der Waals surface area contributed by atoms with Gasteiger partial charge in [-0.05, 0) is 16.5 Å². The fraction of sp³-hybridized carbons (Fsp3) is 0.385. The summed E-state index contributed by atoms with van der Waals surface area (Å²) in [4.78, 5) is 15.2. The Balaban J connectivity index is 1.48. The highest BCUT2D eigenvalue weighted by atomic mass is 16.5. The van der Waals surface area contributed by atoms with E-state index >= 15 is 0 Å². The zero-order chi connectivity index (χ0) is 22.6. The highest BCUT2D eigenvalue weighted by molar-refractivity contribution is 5.93. The lowest BCUT2D eigenvalue weighted by Gasteiger charge is -2.35. The second kappa shape index (κ2) is 9.67. The molecule has 3 aromatic rings. The quantitative estimate of drug-likeness (QED) is 0.622. The van der Waals surface area contributed by atoms with Gasteiger partial charge in [0.1, 0.15) is 0 Å². The molecule has 1 amide bonds. The van der Waals surface area contributed by atoms with E-state index in [-0.39, 0.29) is 23.1 Å². The van der Waals surface area contributed by atoms with Crippen LogP contribution in [-0.4, -0.2) is 48.8 Å². The van der Waals surface area contributed by atoms with Crippen LogP contribution in [0.1, 0.15) is 48.4 Å². The van der Waals surface area contributed by atoms with E-state index in [1.807, 2.05) is 30.3 Å². The first-order valence-electron chi connectivity index (χ1n) is 11.1. The van der Waals surface area contributed by atoms with Crippen LogP contribution in [0.2, 0.25) is 0 Å². The summed E-state index contributed by atoms with van der Waals surface area (Å²) >= 11 is 0. The van der Waals surface area contributed by atoms with E-state index in [2.05, 4.69) is 60.4 Å². The van der Waals surface area contributed by atoms with Crippen molar-refractivity contribution in [1.29, 1.82) is 0 Å². The maximum Gasteiger partial charge on any atom is 0.273 e. The lowest BCUT2D eigenvalue weighted by atomic mass is 9.86. The van der Waals surface area contributed by atoms with E-state index in [1.165, 1.54) is 11.1 Å². The molecule has 4 rings (SSSR count). The Morgan fingerprint density at radius 3 is 2.41 bits per heavy atom. The SMILES string of the molecule is CC(C)(C)c1ccc(C(CNC(=O)c2cc(-c3ccccc3)on2)N2CCOCC2)cc1. The molecule has 168 valence electrons. The standard InChI is InChI=1S/C26H31N3O3/c1-26(2,3)21-11-9-19(10-12-21)23(29-13-15-31-16-14-29)18-27-25(30)22-17-24(32-28-22)20-7-5-4-6-8-20/h4-12,17,23H,13-16,18H2,1-3H3,(H,27,30). The molecule has 1 aliphatic heterocycles. The maximum atomic E-state index is 12.8. The monoisotopic (exact) mass is 433 g/mol. The van der Waals surface area contributed by atoms with Crippen molar-refractivity contribution in [3.63, 3.8) is 0 Å². The average Bonchev–Trinajstić information content (AvgIpc) is 3.31. The number of ether oxygens (including phenoxy) is 1. The van der Waals surface area contributed by atoms with Crippen LogP contribution in [0, 0.1) is 0 Å². The fourth-order valence-corrected chi connectivity index (χ4v) is 3.95. The van der Waals surface area contributed by atoms with E-state index in [4.69, 9.17) is 9.26 Å². The number of nitrogens with one attached hydrogen (secondary N) is 1. The second-order valence-electron chi connectivity index (χ2n) is 9.19. The predicted octanol–water partition coefficient (Wildman–Crippen LogP) is 4.44. The third-order valence-electron chi connectivity index (χ3n) is 5.90. The van der Waals surface area contributed by atoms with E-state index in [0.717, 1.165) is 18.7 Å². The predicted molar refractivity (Wildman–Crippen MR) is 125 cm³/mol. The van der Waals surface area contributed by atoms with Gasteiger partial charge in [-0.3, -0.25) is 9.69 Å². The maximum absolute atomic E-state index is 12.8. The molecule has 1 atom stereocenters. The third kappa shape index (κ3) is 5.26. The van der Waals surface area contributed by atoms with Gasteiger partial charge >= 0.3 is 0 Å². The summed E-state index contributed by atoms with van der Waals surface area (Å²) in [5.41, 5.74) is 3.76. The highest BCUT2D eigenvalue weighted by Crippen LogP contribution is 2.27. The molecular formula is C26H31N3O3. The molecule has 0 spiro atoms. The molecule has 2 aromatic carbocycles. The number of hydrogen-bond donors (Lipinski definition) is 1. The van der Waals surface area contributed by atoms with E-state index in [1.54, 1.807) is 6.07 Å². The molecule has 0 aliphatic carbocycles. The Hall–Kier alpha value is -2.96. The van der Waals surface area contributed by atoms with Crippen LogP contribution in [0.3, 0.4) is 0 Å². The van der Waals surface area contributed by atoms with Gasteiger partial charge in [0.05, 0.1) is 19.3 Å². The van der Waals surface area contributed by atoms with Gasteiger partial charge in [0, 0.05) is 31.3 Å². The molecule has 6 heteroatoms. The zero-order valence-corrected chi connectivity index (χ0v) is 19.0. The summed E-state index contributed by atoms with van der Waals surface area (Å²) in [5.74, 6) is 0.346. The van der Waals surface area contributed by atoms with Gasteiger partial charge in [0.2, 0.25) is 0 Å². The van der Waals surface area contributed by atoms with E-state index in [0.29, 0.717) is 25.5 Å². The van der Waals surface area contributed by atoms with Crippen LogP contribution >= 0.6 is 0 Å². The summed E-state index contributed by atoms with van der Waals surface area (Å²) in [6, 6.07) is 20.1. The van der Waals surface area contributed by atoms with Crippen molar-refractivity contribution in [2.75, 3.05) is 32.8 Å².